The molecule has 5 nitrogen and oxygen atoms in total. The van der Waals surface area contributed by atoms with E-state index in [4.69, 9.17) is 5.73 Å². The summed E-state index contributed by atoms with van der Waals surface area (Å²) < 4.78 is 35.9. The number of benzene rings is 1. The van der Waals surface area contributed by atoms with Crippen molar-refractivity contribution in [2.75, 3.05) is 17.2 Å². The number of hydrogen-bond donors (Lipinski definition) is 2. The zero-order valence-corrected chi connectivity index (χ0v) is 10.3. The average Bonchev–Trinajstić information content (AvgIpc) is 2.61. The van der Waals surface area contributed by atoms with E-state index in [1.54, 1.807) is 0 Å². The van der Waals surface area contributed by atoms with Gasteiger partial charge < -0.3 is 11.1 Å². The molecule has 0 spiro atoms. The van der Waals surface area contributed by atoms with Crippen molar-refractivity contribution in [3.05, 3.63) is 29.6 Å². The summed E-state index contributed by atoms with van der Waals surface area (Å²) in [5.41, 5.74) is 5.58. The molecule has 1 aliphatic heterocycles. The lowest BCUT2D eigenvalue weighted by molar-refractivity contribution is 0.0937. The van der Waals surface area contributed by atoms with Crippen LogP contribution in [0.1, 0.15) is 16.8 Å². The van der Waals surface area contributed by atoms with E-state index in [2.05, 4.69) is 5.32 Å². The minimum atomic E-state index is -3.07. The molecule has 7 heteroatoms. The maximum absolute atomic E-state index is 13.4. The van der Waals surface area contributed by atoms with Crippen LogP contribution in [0.2, 0.25) is 0 Å². The Kier molecular flexibility index (Phi) is 3.25. The van der Waals surface area contributed by atoms with Gasteiger partial charge in [-0.1, -0.05) is 0 Å². The highest BCUT2D eigenvalue weighted by molar-refractivity contribution is 7.91. The first-order valence-corrected chi connectivity index (χ1v) is 7.26. The Morgan fingerprint density at radius 3 is 2.78 bits per heavy atom. The molecule has 1 fully saturated rings. The summed E-state index contributed by atoms with van der Waals surface area (Å²) in [5.74, 6) is -1.36. The molecule has 1 saturated heterocycles. The summed E-state index contributed by atoms with van der Waals surface area (Å²) in [4.78, 5) is 11.8. The van der Waals surface area contributed by atoms with Crippen LogP contribution in [0.25, 0.3) is 0 Å². The zero-order valence-electron chi connectivity index (χ0n) is 9.52. The van der Waals surface area contributed by atoms with Gasteiger partial charge in [0.1, 0.15) is 5.82 Å². The quantitative estimate of drug-likeness (QED) is 0.759. The van der Waals surface area contributed by atoms with Crippen LogP contribution in [0, 0.1) is 5.82 Å². The van der Waals surface area contributed by atoms with Crippen LogP contribution in [0.15, 0.2) is 18.2 Å². The molecule has 1 unspecified atom stereocenters. The molecule has 1 heterocycles. The first kappa shape index (κ1) is 12.8. The van der Waals surface area contributed by atoms with Crippen molar-refractivity contribution in [1.82, 2.24) is 5.32 Å². The number of carbonyl (C=O) groups excluding carboxylic acids is 1. The molecule has 1 aromatic carbocycles. The smallest absolute Gasteiger partial charge is 0.254 e. The fraction of sp³-hybridized carbons (Fsp3) is 0.364. The van der Waals surface area contributed by atoms with Crippen molar-refractivity contribution in [1.29, 1.82) is 0 Å². The van der Waals surface area contributed by atoms with E-state index >= 15 is 0 Å². The van der Waals surface area contributed by atoms with E-state index in [-0.39, 0.29) is 22.8 Å². The highest BCUT2D eigenvalue weighted by atomic mass is 32.2. The Morgan fingerprint density at radius 2 is 2.17 bits per heavy atom. The third-order valence-corrected chi connectivity index (χ3v) is 4.57. The second-order valence-corrected chi connectivity index (χ2v) is 6.54. The van der Waals surface area contributed by atoms with E-state index < -0.39 is 27.6 Å². The van der Waals surface area contributed by atoms with Crippen molar-refractivity contribution in [2.45, 2.75) is 12.5 Å². The van der Waals surface area contributed by atoms with Crippen LogP contribution >= 0.6 is 0 Å². The molecule has 0 aromatic heterocycles. The summed E-state index contributed by atoms with van der Waals surface area (Å²) >= 11 is 0. The van der Waals surface area contributed by atoms with Crippen LogP contribution in [0.3, 0.4) is 0 Å². The molecular weight excluding hydrogens is 259 g/mol. The Hall–Kier alpha value is -1.63. The summed E-state index contributed by atoms with van der Waals surface area (Å²) in [6.45, 7) is 0. The van der Waals surface area contributed by atoms with Gasteiger partial charge in [0.25, 0.3) is 5.91 Å². The highest BCUT2D eigenvalue weighted by Crippen LogP contribution is 2.15. The summed E-state index contributed by atoms with van der Waals surface area (Å²) in [6, 6.07) is 3.24. The van der Waals surface area contributed by atoms with E-state index in [1.165, 1.54) is 12.1 Å². The van der Waals surface area contributed by atoms with E-state index in [1.807, 2.05) is 0 Å². The lowest BCUT2D eigenvalue weighted by Crippen LogP contribution is -2.36. The first-order chi connectivity index (χ1) is 8.37. The Bertz CT molecular complexity index is 586. The summed E-state index contributed by atoms with van der Waals surface area (Å²) in [6.07, 6.45) is 0.359. The van der Waals surface area contributed by atoms with Crippen LogP contribution < -0.4 is 11.1 Å². The third-order valence-electron chi connectivity index (χ3n) is 2.80. The molecule has 0 aliphatic carbocycles. The number of amides is 1. The molecule has 1 aliphatic rings. The monoisotopic (exact) mass is 272 g/mol. The largest absolute Gasteiger partial charge is 0.399 e. The molecule has 98 valence electrons. The van der Waals surface area contributed by atoms with Crippen LogP contribution in [-0.4, -0.2) is 31.9 Å². The number of carbonyl (C=O) groups is 1. The van der Waals surface area contributed by atoms with Crippen LogP contribution in [-0.2, 0) is 9.84 Å². The highest BCUT2D eigenvalue weighted by Gasteiger charge is 2.29. The van der Waals surface area contributed by atoms with Gasteiger partial charge in [0, 0.05) is 11.7 Å². The maximum Gasteiger partial charge on any atom is 0.254 e. The zero-order chi connectivity index (χ0) is 13.3. The van der Waals surface area contributed by atoms with Gasteiger partial charge in [-0.25, -0.2) is 12.8 Å². The SMILES string of the molecule is Nc1ccc(F)c(C(=O)NC2CCS(=O)(=O)C2)c1. The molecule has 1 amide bonds. The van der Waals surface area contributed by atoms with Crippen LogP contribution in [0.4, 0.5) is 10.1 Å². The number of nitrogen functional groups attached to an aromatic ring is 1. The fourth-order valence-corrected chi connectivity index (χ4v) is 3.56. The Balaban J connectivity index is 2.11. The maximum atomic E-state index is 13.4. The number of anilines is 1. The van der Waals surface area contributed by atoms with Crippen molar-refractivity contribution in [2.24, 2.45) is 0 Å². The van der Waals surface area contributed by atoms with Crippen molar-refractivity contribution < 1.29 is 17.6 Å². The number of nitrogens with one attached hydrogen (secondary N) is 1. The number of hydrogen-bond acceptors (Lipinski definition) is 4. The van der Waals surface area contributed by atoms with E-state index in [9.17, 15) is 17.6 Å². The topological polar surface area (TPSA) is 89.3 Å². The minimum Gasteiger partial charge on any atom is -0.399 e. The molecular formula is C11H13FN2O3S. The number of halogens is 1. The van der Waals surface area contributed by atoms with Crippen molar-refractivity contribution in [3.63, 3.8) is 0 Å². The van der Waals surface area contributed by atoms with Gasteiger partial charge in [-0.05, 0) is 24.6 Å². The van der Waals surface area contributed by atoms with Gasteiger partial charge in [0.2, 0.25) is 0 Å². The molecule has 1 aromatic rings. The Labute approximate surface area is 104 Å². The molecule has 1 atom stereocenters. The van der Waals surface area contributed by atoms with Crippen LogP contribution in [0.5, 0.6) is 0 Å². The van der Waals surface area contributed by atoms with Gasteiger partial charge >= 0.3 is 0 Å². The van der Waals surface area contributed by atoms with E-state index in [0.29, 0.717) is 6.42 Å². The summed E-state index contributed by atoms with van der Waals surface area (Å²) in [5, 5.41) is 2.51. The molecule has 0 bridgehead atoms. The predicted octanol–water partition coefficient (Wildman–Crippen LogP) is 0.325. The second-order valence-electron chi connectivity index (χ2n) is 4.31. The van der Waals surface area contributed by atoms with Gasteiger partial charge in [-0.3, -0.25) is 4.79 Å². The number of sulfone groups is 1. The lowest BCUT2D eigenvalue weighted by atomic mass is 10.1. The first-order valence-electron chi connectivity index (χ1n) is 5.44. The number of rotatable bonds is 2. The number of nitrogens with two attached hydrogens (primary N) is 1. The molecule has 2 rings (SSSR count). The van der Waals surface area contributed by atoms with Gasteiger partial charge in [-0.2, -0.15) is 0 Å². The molecule has 0 saturated carbocycles. The second kappa shape index (κ2) is 4.56. The lowest BCUT2D eigenvalue weighted by Gasteiger charge is -2.11. The molecule has 18 heavy (non-hydrogen) atoms. The fourth-order valence-electron chi connectivity index (χ4n) is 1.89. The van der Waals surface area contributed by atoms with E-state index in [0.717, 1.165) is 6.07 Å². The summed E-state index contributed by atoms with van der Waals surface area (Å²) in [7, 11) is -3.07. The van der Waals surface area contributed by atoms with Crippen molar-refractivity contribution >= 4 is 21.4 Å². The normalized spacial score (nSPS) is 21.7. The molecule has 0 radical (unpaired) electrons. The predicted molar refractivity (Wildman–Crippen MR) is 65.3 cm³/mol. The standard InChI is InChI=1S/C11H13FN2O3S/c12-10-2-1-7(13)5-9(10)11(15)14-8-3-4-18(16,17)6-8/h1-2,5,8H,3-4,6,13H2,(H,14,15). The Morgan fingerprint density at radius 1 is 1.44 bits per heavy atom. The average molecular weight is 272 g/mol. The third kappa shape index (κ3) is 2.79. The minimum absolute atomic E-state index is 0.0529. The van der Waals surface area contributed by atoms with Gasteiger partial charge in [0.15, 0.2) is 9.84 Å². The van der Waals surface area contributed by atoms with Gasteiger partial charge in [0.05, 0.1) is 17.1 Å². The molecule has 3 N–H and O–H groups in total. The van der Waals surface area contributed by atoms with Crippen molar-refractivity contribution in [3.8, 4) is 0 Å². The van der Waals surface area contributed by atoms with Gasteiger partial charge in [-0.15, -0.1) is 0 Å².